The Balaban J connectivity index is 2.07. The normalized spacial score (nSPS) is 10.3. The second kappa shape index (κ2) is 6.83. The van der Waals surface area contributed by atoms with Gasteiger partial charge in [0.15, 0.2) is 0 Å². The fraction of sp³-hybridized carbons (Fsp3) is 0.200. The quantitative estimate of drug-likeness (QED) is 0.726. The van der Waals surface area contributed by atoms with E-state index >= 15 is 0 Å². The van der Waals surface area contributed by atoms with Gasteiger partial charge in [-0.3, -0.25) is 0 Å². The molecule has 0 amide bonds. The standard InChI is InChI=1S/C15H14BrClO2/c1-18-15-7-4-13(17)8-12(15)10-19-14-5-2-11(9-16)3-6-14/h2-8H,9-10H2,1H3. The van der Waals surface area contributed by atoms with Crippen molar-refractivity contribution >= 4 is 27.5 Å². The zero-order valence-electron chi connectivity index (χ0n) is 10.5. The molecule has 19 heavy (non-hydrogen) atoms. The second-order valence-corrected chi connectivity index (χ2v) is 5.02. The van der Waals surface area contributed by atoms with Crippen molar-refractivity contribution in [3.05, 3.63) is 58.6 Å². The molecule has 0 aliphatic carbocycles. The average Bonchev–Trinajstić information content (AvgIpc) is 2.46. The van der Waals surface area contributed by atoms with Crippen LogP contribution in [0.3, 0.4) is 0 Å². The van der Waals surface area contributed by atoms with Gasteiger partial charge >= 0.3 is 0 Å². The van der Waals surface area contributed by atoms with Crippen molar-refractivity contribution in [2.75, 3.05) is 7.11 Å². The fourth-order valence-corrected chi connectivity index (χ4v) is 2.26. The van der Waals surface area contributed by atoms with Gasteiger partial charge < -0.3 is 9.47 Å². The summed E-state index contributed by atoms with van der Waals surface area (Å²) < 4.78 is 11.0. The Morgan fingerprint density at radius 1 is 1.11 bits per heavy atom. The summed E-state index contributed by atoms with van der Waals surface area (Å²) in [4.78, 5) is 0. The summed E-state index contributed by atoms with van der Waals surface area (Å²) in [6.07, 6.45) is 0. The van der Waals surface area contributed by atoms with E-state index in [0.717, 1.165) is 22.4 Å². The van der Waals surface area contributed by atoms with Gasteiger partial charge in [0, 0.05) is 15.9 Å². The molecule has 2 aromatic rings. The maximum absolute atomic E-state index is 5.98. The second-order valence-electron chi connectivity index (χ2n) is 4.02. The molecule has 0 N–H and O–H groups in total. The SMILES string of the molecule is COc1ccc(Cl)cc1COc1ccc(CBr)cc1. The van der Waals surface area contributed by atoms with E-state index in [4.69, 9.17) is 21.1 Å². The van der Waals surface area contributed by atoms with E-state index < -0.39 is 0 Å². The summed E-state index contributed by atoms with van der Waals surface area (Å²) in [6, 6.07) is 13.5. The molecule has 100 valence electrons. The van der Waals surface area contributed by atoms with Crippen molar-refractivity contribution in [3.63, 3.8) is 0 Å². The van der Waals surface area contributed by atoms with Crippen LogP contribution in [-0.2, 0) is 11.9 Å². The Hall–Kier alpha value is -1.19. The first-order valence-corrected chi connectivity index (χ1v) is 7.33. The summed E-state index contributed by atoms with van der Waals surface area (Å²) in [6.45, 7) is 0.428. The van der Waals surface area contributed by atoms with E-state index in [9.17, 15) is 0 Å². The molecule has 0 heterocycles. The first-order valence-electron chi connectivity index (χ1n) is 5.83. The fourth-order valence-electron chi connectivity index (χ4n) is 1.70. The zero-order valence-corrected chi connectivity index (χ0v) is 12.9. The minimum absolute atomic E-state index is 0.428. The number of hydrogen-bond donors (Lipinski definition) is 0. The van der Waals surface area contributed by atoms with Gasteiger partial charge in [-0.15, -0.1) is 0 Å². The molecule has 2 nitrogen and oxygen atoms in total. The van der Waals surface area contributed by atoms with Crippen LogP contribution in [0.25, 0.3) is 0 Å². The third kappa shape index (κ3) is 3.88. The smallest absolute Gasteiger partial charge is 0.125 e. The third-order valence-electron chi connectivity index (χ3n) is 2.71. The Labute approximate surface area is 126 Å². The molecule has 2 aromatic carbocycles. The van der Waals surface area contributed by atoms with Gasteiger partial charge in [0.05, 0.1) is 7.11 Å². The highest BCUT2D eigenvalue weighted by molar-refractivity contribution is 9.08. The van der Waals surface area contributed by atoms with Crippen LogP contribution < -0.4 is 9.47 Å². The molecular formula is C15H14BrClO2. The highest BCUT2D eigenvalue weighted by Crippen LogP contribution is 2.24. The van der Waals surface area contributed by atoms with Crippen molar-refractivity contribution in [1.82, 2.24) is 0 Å². The number of hydrogen-bond acceptors (Lipinski definition) is 2. The molecule has 0 saturated heterocycles. The Bertz CT molecular complexity index is 540. The van der Waals surface area contributed by atoms with Crippen LogP contribution in [-0.4, -0.2) is 7.11 Å². The Kier molecular flexibility index (Phi) is 5.11. The summed E-state index contributed by atoms with van der Waals surface area (Å²) in [5, 5.41) is 1.52. The van der Waals surface area contributed by atoms with Crippen molar-refractivity contribution in [2.24, 2.45) is 0 Å². The van der Waals surface area contributed by atoms with Crippen molar-refractivity contribution in [3.8, 4) is 11.5 Å². The minimum atomic E-state index is 0.428. The Morgan fingerprint density at radius 3 is 2.47 bits per heavy atom. The highest BCUT2D eigenvalue weighted by Gasteiger charge is 2.05. The largest absolute Gasteiger partial charge is 0.496 e. The van der Waals surface area contributed by atoms with E-state index in [1.165, 1.54) is 5.56 Å². The number of ether oxygens (including phenoxy) is 2. The topological polar surface area (TPSA) is 18.5 Å². The van der Waals surface area contributed by atoms with Crippen LogP contribution in [0, 0.1) is 0 Å². The molecule has 0 spiro atoms. The van der Waals surface area contributed by atoms with E-state index in [1.807, 2.05) is 36.4 Å². The molecule has 4 heteroatoms. The summed E-state index contributed by atoms with van der Waals surface area (Å²) in [7, 11) is 1.64. The van der Waals surface area contributed by atoms with Crippen LogP contribution in [0.4, 0.5) is 0 Å². The molecule has 0 aliphatic rings. The molecule has 0 fully saturated rings. The maximum Gasteiger partial charge on any atom is 0.125 e. The van der Waals surface area contributed by atoms with Gasteiger partial charge in [-0.25, -0.2) is 0 Å². The molecular weight excluding hydrogens is 328 g/mol. The lowest BCUT2D eigenvalue weighted by atomic mass is 10.2. The first kappa shape index (κ1) is 14.2. The van der Waals surface area contributed by atoms with Crippen LogP contribution >= 0.6 is 27.5 Å². The van der Waals surface area contributed by atoms with Crippen LogP contribution in [0.15, 0.2) is 42.5 Å². The Morgan fingerprint density at radius 2 is 1.84 bits per heavy atom. The van der Waals surface area contributed by atoms with Gasteiger partial charge in [0.1, 0.15) is 18.1 Å². The molecule has 0 atom stereocenters. The lowest BCUT2D eigenvalue weighted by Gasteiger charge is -2.11. The number of rotatable bonds is 5. The van der Waals surface area contributed by atoms with E-state index in [2.05, 4.69) is 15.9 Å². The number of halogens is 2. The van der Waals surface area contributed by atoms with Gasteiger partial charge in [0.2, 0.25) is 0 Å². The van der Waals surface area contributed by atoms with Crippen LogP contribution in [0.5, 0.6) is 11.5 Å². The van der Waals surface area contributed by atoms with Crippen molar-refractivity contribution in [2.45, 2.75) is 11.9 Å². The zero-order chi connectivity index (χ0) is 13.7. The highest BCUT2D eigenvalue weighted by atomic mass is 79.9. The van der Waals surface area contributed by atoms with Gasteiger partial charge in [-0.1, -0.05) is 39.7 Å². The molecule has 0 radical (unpaired) electrons. The molecule has 0 unspecified atom stereocenters. The molecule has 0 aromatic heterocycles. The number of alkyl halides is 1. The maximum atomic E-state index is 5.98. The summed E-state index contributed by atoms with van der Waals surface area (Å²) in [5.41, 5.74) is 2.15. The number of methoxy groups -OCH3 is 1. The third-order valence-corrected chi connectivity index (χ3v) is 3.60. The monoisotopic (exact) mass is 340 g/mol. The van der Waals surface area contributed by atoms with Gasteiger partial charge in [0.25, 0.3) is 0 Å². The van der Waals surface area contributed by atoms with Gasteiger partial charge in [-0.05, 0) is 35.9 Å². The average molecular weight is 342 g/mol. The van der Waals surface area contributed by atoms with Crippen LogP contribution in [0.1, 0.15) is 11.1 Å². The lowest BCUT2D eigenvalue weighted by Crippen LogP contribution is -1.98. The predicted octanol–water partition coefficient (Wildman–Crippen LogP) is 4.82. The van der Waals surface area contributed by atoms with Crippen LogP contribution in [0.2, 0.25) is 5.02 Å². The minimum Gasteiger partial charge on any atom is -0.496 e. The van der Waals surface area contributed by atoms with E-state index in [1.54, 1.807) is 13.2 Å². The van der Waals surface area contributed by atoms with E-state index in [-0.39, 0.29) is 0 Å². The van der Waals surface area contributed by atoms with Crippen molar-refractivity contribution < 1.29 is 9.47 Å². The summed E-state index contributed by atoms with van der Waals surface area (Å²) in [5.74, 6) is 1.60. The number of benzene rings is 2. The summed E-state index contributed by atoms with van der Waals surface area (Å²) >= 11 is 9.39. The van der Waals surface area contributed by atoms with Gasteiger partial charge in [-0.2, -0.15) is 0 Å². The molecule has 0 bridgehead atoms. The first-order chi connectivity index (χ1) is 9.22. The molecule has 0 saturated carbocycles. The van der Waals surface area contributed by atoms with E-state index in [0.29, 0.717) is 11.6 Å². The molecule has 2 rings (SSSR count). The van der Waals surface area contributed by atoms with Crippen molar-refractivity contribution in [1.29, 1.82) is 0 Å². The molecule has 0 aliphatic heterocycles. The lowest BCUT2D eigenvalue weighted by molar-refractivity contribution is 0.296. The predicted molar refractivity (Wildman–Crippen MR) is 81.4 cm³/mol.